The molecule has 1 aromatic heterocycles. The Kier molecular flexibility index (Phi) is 4.93. The molecule has 0 aliphatic carbocycles. The number of nitrogens with zero attached hydrogens (tertiary/aromatic N) is 1. The molecule has 0 aliphatic rings. The lowest BCUT2D eigenvalue weighted by molar-refractivity contribution is -0.117. The fraction of sp³-hybridized carbons (Fsp3) is 0.286. The van der Waals surface area contributed by atoms with E-state index in [4.69, 9.17) is 4.74 Å². The van der Waals surface area contributed by atoms with Crippen molar-refractivity contribution in [3.8, 4) is 5.75 Å². The zero-order chi connectivity index (χ0) is 13.8. The van der Waals surface area contributed by atoms with E-state index in [1.807, 2.05) is 18.2 Å². The highest BCUT2D eigenvalue weighted by Crippen LogP contribution is 2.37. The van der Waals surface area contributed by atoms with Gasteiger partial charge in [0.25, 0.3) is 0 Å². The number of carbonyl (C=O) groups is 1. The minimum atomic E-state index is 0.182. The van der Waals surface area contributed by atoms with E-state index < -0.39 is 0 Å². The monoisotopic (exact) mass is 385 g/mol. The van der Waals surface area contributed by atoms with Crippen LogP contribution in [0.5, 0.6) is 5.75 Å². The molecule has 19 heavy (non-hydrogen) atoms. The van der Waals surface area contributed by atoms with Gasteiger partial charge in [-0.15, -0.1) is 0 Å². The number of hydrogen-bond acceptors (Lipinski definition) is 3. The average Bonchev–Trinajstić information content (AvgIpc) is 2.37. The largest absolute Gasteiger partial charge is 0.490 e. The van der Waals surface area contributed by atoms with E-state index in [9.17, 15) is 4.79 Å². The fourth-order valence-corrected chi connectivity index (χ4v) is 3.17. The van der Waals surface area contributed by atoms with Gasteiger partial charge in [0.1, 0.15) is 11.3 Å². The van der Waals surface area contributed by atoms with Gasteiger partial charge in [-0.05, 0) is 41.4 Å². The van der Waals surface area contributed by atoms with E-state index in [1.165, 1.54) is 0 Å². The summed E-state index contributed by atoms with van der Waals surface area (Å²) in [5.41, 5.74) is 0.812. The standard InChI is InChI=1S/C14H13Br2NO2/c1-9(18)4-3-7-19-14-12(16)8-11(15)10-5-2-6-17-13(10)14/h2,5-6,8H,3-4,7H2,1H3. The molecular weight excluding hydrogens is 374 g/mol. The van der Waals surface area contributed by atoms with E-state index in [0.717, 1.165) is 25.6 Å². The molecule has 1 aromatic carbocycles. The predicted octanol–water partition coefficient (Wildman–Crippen LogP) is 4.51. The Morgan fingerprint density at radius 1 is 1.37 bits per heavy atom. The highest BCUT2D eigenvalue weighted by Gasteiger charge is 2.11. The number of aromatic nitrogens is 1. The van der Waals surface area contributed by atoms with Crippen molar-refractivity contribution in [2.75, 3.05) is 6.61 Å². The number of fused-ring (bicyclic) bond motifs is 1. The smallest absolute Gasteiger partial charge is 0.159 e. The van der Waals surface area contributed by atoms with E-state index in [2.05, 4.69) is 36.8 Å². The van der Waals surface area contributed by atoms with Crippen LogP contribution in [0.2, 0.25) is 0 Å². The number of hydrogen-bond donors (Lipinski definition) is 0. The first-order valence-electron chi connectivity index (χ1n) is 5.94. The molecule has 0 atom stereocenters. The highest BCUT2D eigenvalue weighted by molar-refractivity contribution is 9.11. The van der Waals surface area contributed by atoms with Crippen LogP contribution >= 0.6 is 31.9 Å². The third kappa shape index (κ3) is 3.54. The molecule has 2 aromatic rings. The molecule has 0 amide bonds. The van der Waals surface area contributed by atoms with Crippen LogP contribution in [0.25, 0.3) is 10.9 Å². The molecule has 0 spiro atoms. The molecule has 3 nitrogen and oxygen atoms in total. The third-order valence-corrected chi connectivity index (χ3v) is 3.92. The molecule has 0 bridgehead atoms. The third-order valence-electron chi connectivity index (χ3n) is 2.67. The maximum atomic E-state index is 10.9. The minimum Gasteiger partial charge on any atom is -0.490 e. The molecule has 0 fully saturated rings. The fourth-order valence-electron chi connectivity index (χ4n) is 1.78. The molecule has 1 heterocycles. The summed E-state index contributed by atoms with van der Waals surface area (Å²) in [6.07, 6.45) is 3.00. The quantitative estimate of drug-likeness (QED) is 0.709. The van der Waals surface area contributed by atoms with Crippen LogP contribution in [0.4, 0.5) is 0 Å². The van der Waals surface area contributed by atoms with Gasteiger partial charge in [0.05, 0.1) is 11.1 Å². The number of benzene rings is 1. The topological polar surface area (TPSA) is 39.2 Å². The van der Waals surface area contributed by atoms with Gasteiger partial charge in [-0.1, -0.05) is 22.0 Å². The second-order valence-corrected chi connectivity index (χ2v) is 5.93. The normalized spacial score (nSPS) is 10.7. The van der Waals surface area contributed by atoms with Crippen molar-refractivity contribution in [2.24, 2.45) is 0 Å². The van der Waals surface area contributed by atoms with Crippen LogP contribution in [-0.2, 0) is 4.79 Å². The lowest BCUT2D eigenvalue weighted by Crippen LogP contribution is -2.02. The number of carbonyl (C=O) groups excluding carboxylic acids is 1. The summed E-state index contributed by atoms with van der Waals surface area (Å²) in [5.74, 6) is 0.906. The van der Waals surface area contributed by atoms with E-state index in [0.29, 0.717) is 19.4 Å². The molecule has 2 rings (SSSR count). The molecule has 0 unspecified atom stereocenters. The molecule has 0 aliphatic heterocycles. The maximum Gasteiger partial charge on any atom is 0.159 e. The van der Waals surface area contributed by atoms with Crippen molar-refractivity contribution in [3.05, 3.63) is 33.3 Å². The van der Waals surface area contributed by atoms with Crippen molar-refractivity contribution in [2.45, 2.75) is 19.8 Å². The van der Waals surface area contributed by atoms with Gasteiger partial charge in [0.15, 0.2) is 5.75 Å². The summed E-state index contributed by atoms with van der Waals surface area (Å²) >= 11 is 7.00. The number of pyridine rings is 1. The van der Waals surface area contributed by atoms with Gasteiger partial charge in [-0.25, -0.2) is 0 Å². The van der Waals surface area contributed by atoms with Gasteiger partial charge in [-0.2, -0.15) is 0 Å². The maximum absolute atomic E-state index is 10.9. The van der Waals surface area contributed by atoms with Crippen molar-refractivity contribution in [1.29, 1.82) is 0 Å². The van der Waals surface area contributed by atoms with E-state index >= 15 is 0 Å². The molecule has 0 saturated carbocycles. The van der Waals surface area contributed by atoms with Gasteiger partial charge in [0.2, 0.25) is 0 Å². The van der Waals surface area contributed by atoms with Gasteiger partial charge >= 0.3 is 0 Å². The van der Waals surface area contributed by atoms with Crippen LogP contribution < -0.4 is 4.74 Å². The number of halogens is 2. The SMILES string of the molecule is CC(=O)CCCOc1c(Br)cc(Br)c2cccnc12. The average molecular weight is 387 g/mol. The Hall–Kier alpha value is -0.940. The summed E-state index contributed by atoms with van der Waals surface area (Å²) in [6.45, 7) is 2.10. The zero-order valence-corrected chi connectivity index (χ0v) is 13.6. The van der Waals surface area contributed by atoms with Crippen LogP contribution in [0.3, 0.4) is 0 Å². The van der Waals surface area contributed by atoms with Crippen molar-refractivity contribution >= 4 is 48.5 Å². The molecular formula is C14H13Br2NO2. The van der Waals surface area contributed by atoms with Crippen LogP contribution in [-0.4, -0.2) is 17.4 Å². The van der Waals surface area contributed by atoms with Crippen LogP contribution in [0.1, 0.15) is 19.8 Å². The number of ether oxygens (including phenoxy) is 1. The van der Waals surface area contributed by atoms with Crippen molar-refractivity contribution in [3.63, 3.8) is 0 Å². The predicted molar refractivity (Wildman–Crippen MR) is 82.6 cm³/mol. The van der Waals surface area contributed by atoms with Gasteiger partial charge in [0, 0.05) is 22.5 Å². The van der Waals surface area contributed by atoms with E-state index in [-0.39, 0.29) is 5.78 Å². The molecule has 0 N–H and O–H groups in total. The van der Waals surface area contributed by atoms with Crippen LogP contribution in [0.15, 0.2) is 33.3 Å². The Morgan fingerprint density at radius 2 is 2.16 bits per heavy atom. The van der Waals surface area contributed by atoms with Gasteiger partial charge in [-0.3, -0.25) is 4.98 Å². The second kappa shape index (κ2) is 6.48. The van der Waals surface area contributed by atoms with Crippen molar-refractivity contribution in [1.82, 2.24) is 4.98 Å². The van der Waals surface area contributed by atoms with Gasteiger partial charge < -0.3 is 9.53 Å². The number of ketones is 1. The number of rotatable bonds is 5. The first-order valence-corrected chi connectivity index (χ1v) is 7.53. The van der Waals surface area contributed by atoms with Crippen molar-refractivity contribution < 1.29 is 9.53 Å². The Morgan fingerprint density at radius 3 is 2.89 bits per heavy atom. The molecule has 0 saturated heterocycles. The van der Waals surface area contributed by atoms with Crippen LogP contribution in [0, 0.1) is 0 Å². The number of Topliss-reactive ketones (excluding diaryl/α,β-unsaturated/α-hetero) is 1. The summed E-state index contributed by atoms with van der Waals surface area (Å²) in [5, 5.41) is 1.01. The molecule has 100 valence electrons. The zero-order valence-electron chi connectivity index (χ0n) is 10.5. The summed E-state index contributed by atoms with van der Waals surface area (Å²) in [6, 6.07) is 5.83. The van der Waals surface area contributed by atoms with E-state index in [1.54, 1.807) is 13.1 Å². The molecule has 5 heteroatoms. The Balaban J connectivity index is 2.24. The first-order chi connectivity index (χ1) is 9.09. The Bertz CT molecular complexity index is 614. The second-order valence-electron chi connectivity index (χ2n) is 4.22. The first kappa shape index (κ1) is 14.5. The summed E-state index contributed by atoms with van der Waals surface area (Å²) in [4.78, 5) is 15.3. The summed E-state index contributed by atoms with van der Waals surface area (Å²) < 4.78 is 7.60. The molecule has 0 radical (unpaired) electrons. The Labute approximate surface area is 128 Å². The lowest BCUT2D eigenvalue weighted by atomic mass is 10.2. The lowest BCUT2D eigenvalue weighted by Gasteiger charge is -2.11. The minimum absolute atomic E-state index is 0.182. The highest BCUT2D eigenvalue weighted by atomic mass is 79.9. The summed E-state index contributed by atoms with van der Waals surface area (Å²) in [7, 11) is 0.